The number of pyridine rings is 3. The lowest BCUT2D eigenvalue weighted by Gasteiger charge is -2.31. The van der Waals surface area contributed by atoms with E-state index in [0.717, 1.165) is 40.7 Å². The van der Waals surface area contributed by atoms with Gasteiger partial charge >= 0.3 is 0 Å². The Kier molecular flexibility index (Phi) is 5.61. The van der Waals surface area contributed by atoms with Crippen LogP contribution in [0.3, 0.4) is 0 Å². The summed E-state index contributed by atoms with van der Waals surface area (Å²) in [6, 6.07) is 10.1. The molecule has 0 N–H and O–H groups in total. The molecular weight excluding hydrogens is 384 g/mol. The molecule has 0 aliphatic carbocycles. The molecule has 0 aromatic carbocycles. The smallest absolute Gasteiger partial charge is 0.214 e. The molecular formula is C22H26N4O2S. The van der Waals surface area contributed by atoms with Crippen LogP contribution in [0.4, 0.5) is 0 Å². The highest BCUT2D eigenvalue weighted by molar-refractivity contribution is 7.89. The van der Waals surface area contributed by atoms with Crippen molar-refractivity contribution in [3.05, 3.63) is 54.6 Å². The zero-order valence-electron chi connectivity index (χ0n) is 16.8. The van der Waals surface area contributed by atoms with E-state index in [1.807, 2.05) is 32.2 Å². The van der Waals surface area contributed by atoms with E-state index >= 15 is 0 Å². The summed E-state index contributed by atoms with van der Waals surface area (Å²) in [5.41, 5.74) is 3.85. The van der Waals surface area contributed by atoms with Crippen LogP contribution < -0.4 is 0 Å². The molecule has 7 heteroatoms. The van der Waals surface area contributed by atoms with Crippen molar-refractivity contribution >= 4 is 21.1 Å². The van der Waals surface area contributed by atoms with Gasteiger partial charge in [0, 0.05) is 54.2 Å². The molecule has 0 amide bonds. The maximum absolute atomic E-state index is 12.5. The number of hydrogen-bond acceptors (Lipinski definition) is 5. The molecule has 0 atom stereocenters. The van der Waals surface area contributed by atoms with Gasteiger partial charge in [0.05, 0.1) is 5.75 Å². The van der Waals surface area contributed by atoms with Crippen LogP contribution in [0.1, 0.15) is 38.3 Å². The maximum Gasteiger partial charge on any atom is 0.214 e. The first-order chi connectivity index (χ1) is 13.9. The number of nitrogens with zero attached hydrogens (tertiary/aromatic N) is 4. The Balaban J connectivity index is 1.49. The third kappa shape index (κ3) is 4.46. The monoisotopic (exact) mass is 410 g/mol. The molecule has 0 unspecified atom stereocenters. The zero-order valence-corrected chi connectivity index (χ0v) is 17.6. The zero-order chi connectivity index (χ0) is 20.4. The second-order valence-corrected chi connectivity index (χ2v) is 10.1. The van der Waals surface area contributed by atoms with E-state index in [4.69, 9.17) is 4.98 Å². The van der Waals surface area contributed by atoms with Crippen molar-refractivity contribution in [1.29, 1.82) is 0 Å². The number of rotatable bonds is 5. The lowest BCUT2D eigenvalue weighted by molar-refractivity contribution is 0.315. The minimum atomic E-state index is -3.16. The van der Waals surface area contributed by atoms with Crippen molar-refractivity contribution in [2.45, 2.75) is 32.6 Å². The van der Waals surface area contributed by atoms with Gasteiger partial charge in [-0.25, -0.2) is 22.7 Å². The lowest BCUT2D eigenvalue weighted by atomic mass is 9.94. The average Bonchev–Trinajstić information content (AvgIpc) is 2.73. The second kappa shape index (κ2) is 8.16. The molecule has 1 saturated heterocycles. The maximum atomic E-state index is 12.5. The van der Waals surface area contributed by atoms with Gasteiger partial charge in [-0.15, -0.1) is 0 Å². The quantitative estimate of drug-likeness (QED) is 0.638. The summed E-state index contributed by atoms with van der Waals surface area (Å²) in [5, 5.41) is 1.00. The fourth-order valence-corrected chi connectivity index (χ4v) is 5.73. The summed E-state index contributed by atoms with van der Waals surface area (Å²) in [4.78, 5) is 13.4. The number of sulfonamides is 1. The molecule has 29 heavy (non-hydrogen) atoms. The van der Waals surface area contributed by atoms with Crippen molar-refractivity contribution in [3.63, 3.8) is 0 Å². The molecule has 6 nitrogen and oxygen atoms in total. The highest BCUT2D eigenvalue weighted by Crippen LogP contribution is 2.30. The van der Waals surface area contributed by atoms with Gasteiger partial charge in [-0.2, -0.15) is 0 Å². The summed E-state index contributed by atoms with van der Waals surface area (Å²) in [7, 11) is -3.16. The summed E-state index contributed by atoms with van der Waals surface area (Å²) in [5.74, 6) is 0.630. The van der Waals surface area contributed by atoms with Crippen LogP contribution in [0, 0.1) is 5.92 Å². The summed E-state index contributed by atoms with van der Waals surface area (Å²) in [6.45, 7) is 5.01. The van der Waals surface area contributed by atoms with Gasteiger partial charge in [-0.1, -0.05) is 13.8 Å². The molecule has 0 radical (unpaired) electrons. The Bertz CT molecular complexity index is 1090. The molecule has 0 saturated carbocycles. The molecule has 0 spiro atoms. The topological polar surface area (TPSA) is 76.1 Å². The summed E-state index contributed by atoms with van der Waals surface area (Å²) < 4.78 is 26.6. The molecule has 4 heterocycles. The second-order valence-electron chi connectivity index (χ2n) is 8.09. The molecule has 3 aromatic rings. The van der Waals surface area contributed by atoms with Crippen LogP contribution in [0.25, 0.3) is 22.2 Å². The van der Waals surface area contributed by atoms with Crippen molar-refractivity contribution < 1.29 is 8.42 Å². The molecule has 3 aromatic heterocycles. The molecule has 1 fully saturated rings. The Labute approximate surface area is 172 Å². The van der Waals surface area contributed by atoms with E-state index in [-0.39, 0.29) is 17.6 Å². The van der Waals surface area contributed by atoms with Gasteiger partial charge in [0.2, 0.25) is 10.0 Å². The number of piperidine rings is 1. The predicted octanol–water partition coefficient (Wildman–Crippen LogP) is 3.86. The number of hydrogen-bond donors (Lipinski definition) is 0. The van der Waals surface area contributed by atoms with Gasteiger partial charge in [-0.3, -0.25) is 4.98 Å². The Morgan fingerprint density at radius 1 is 1.07 bits per heavy atom. The lowest BCUT2D eigenvalue weighted by Crippen LogP contribution is -2.40. The first-order valence-corrected chi connectivity index (χ1v) is 11.7. The highest BCUT2D eigenvalue weighted by Gasteiger charge is 2.29. The number of fused-ring (bicyclic) bond motifs is 1. The van der Waals surface area contributed by atoms with Crippen LogP contribution in [0.2, 0.25) is 0 Å². The third-order valence-corrected chi connectivity index (χ3v) is 7.63. The summed E-state index contributed by atoms with van der Waals surface area (Å²) >= 11 is 0. The summed E-state index contributed by atoms with van der Waals surface area (Å²) in [6.07, 6.45) is 6.98. The average molecular weight is 411 g/mol. The molecule has 4 rings (SSSR count). The fourth-order valence-electron chi connectivity index (χ4n) is 3.91. The van der Waals surface area contributed by atoms with E-state index in [0.29, 0.717) is 13.1 Å². The van der Waals surface area contributed by atoms with Crippen LogP contribution in [0.5, 0.6) is 0 Å². The van der Waals surface area contributed by atoms with E-state index < -0.39 is 10.0 Å². The highest BCUT2D eigenvalue weighted by atomic mass is 32.2. The number of aromatic nitrogens is 3. The van der Waals surface area contributed by atoms with Crippen molar-refractivity contribution in [3.8, 4) is 11.1 Å². The standard InChI is InChI=1S/C22H26N4O2S/c1-16(2)15-29(27,28)26-11-7-18(8-12-26)21-4-3-19-13-20(14-24-22(19)25-21)17-5-9-23-10-6-17/h3-6,9-10,13-14,16,18H,7-8,11-12,15H2,1-2H3. The van der Waals surface area contributed by atoms with Crippen molar-refractivity contribution in [2.24, 2.45) is 5.92 Å². The first-order valence-electron chi connectivity index (χ1n) is 10.1. The minimum Gasteiger partial charge on any atom is -0.265 e. The Hall–Kier alpha value is -2.38. The van der Waals surface area contributed by atoms with Crippen LogP contribution in [-0.2, 0) is 10.0 Å². The Morgan fingerprint density at radius 2 is 1.79 bits per heavy atom. The van der Waals surface area contributed by atoms with E-state index in [9.17, 15) is 8.42 Å². The van der Waals surface area contributed by atoms with Gasteiger partial charge in [0.15, 0.2) is 5.65 Å². The molecule has 152 valence electrons. The minimum absolute atomic E-state index is 0.142. The normalized spacial score (nSPS) is 16.5. The first kappa shape index (κ1) is 19.9. The van der Waals surface area contributed by atoms with Crippen molar-refractivity contribution in [2.75, 3.05) is 18.8 Å². The van der Waals surface area contributed by atoms with Crippen LogP contribution in [-0.4, -0.2) is 46.5 Å². The third-order valence-electron chi connectivity index (χ3n) is 5.39. The van der Waals surface area contributed by atoms with Crippen LogP contribution in [0.15, 0.2) is 48.9 Å². The van der Waals surface area contributed by atoms with Gasteiger partial charge < -0.3 is 0 Å². The van der Waals surface area contributed by atoms with E-state index in [2.05, 4.69) is 28.2 Å². The van der Waals surface area contributed by atoms with E-state index in [1.54, 1.807) is 16.7 Å². The SMILES string of the molecule is CC(C)CS(=O)(=O)N1CCC(c2ccc3cc(-c4ccncc4)cnc3n2)CC1. The van der Waals surface area contributed by atoms with Crippen molar-refractivity contribution in [1.82, 2.24) is 19.3 Å². The predicted molar refractivity (Wildman–Crippen MR) is 115 cm³/mol. The van der Waals surface area contributed by atoms with Crippen LogP contribution >= 0.6 is 0 Å². The Morgan fingerprint density at radius 3 is 2.48 bits per heavy atom. The van der Waals surface area contributed by atoms with E-state index in [1.165, 1.54) is 0 Å². The molecule has 1 aliphatic heterocycles. The largest absolute Gasteiger partial charge is 0.265 e. The molecule has 0 bridgehead atoms. The van der Waals surface area contributed by atoms with Gasteiger partial charge in [0.25, 0.3) is 0 Å². The molecule has 1 aliphatic rings. The van der Waals surface area contributed by atoms with Gasteiger partial charge in [-0.05, 0) is 54.7 Å². The van der Waals surface area contributed by atoms with Gasteiger partial charge in [0.1, 0.15) is 0 Å². The fraction of sp³-hybridized carbons (Fsp3) is 0.409.